The summed E-state index contributed by atoms with van der Waals surface area (Å²) in [5, 5.41) is 1.92. The van der Waals surface area contributed by atoms with Gasteiger partial charge in [-0.25, -0.2) is 8.42 Å². The van der Waals surface area contributed by atoms with Gasteiger partial charge in [-0.1, -0.05) is 25.5 Å². The van der Waals surface area contributed by atoms with Crippen molar-refractivity contribution in [2.24, 2.45) is 0 Å². The minimum absolute atomic E-state index is 0.0260. The summed E-state index contributed by atoms with van der Waals surface area (Å²) in [5.41, 5.74) is 1.61. The number of carbonyl (C=O) groups excluding carboxylic acids is 1. The SMILES string of the molecule is CCCCC(=O)NC[C@@H](c1ccc(N(C)C)cc1)S(=O)(=O)c1ccc(OC)cc1. The molecule has 0 fully saturated rings. The Morgan fingerprint density at radius 1 is 1.07 bits per heavy atom. The third-order valence-electron chi connectivity index (χ3n) is 4.79. The van der Waals surface area contributed by atoms with Gasteiger partial charge in [-0.3, -0.25) is 4.79 Å². The molecule has 1 amide bonds. The fraction of sp³-hybridized carbons (Fsp3) is 0.409. The van der Waals surface area contributed by atoms with E-state index < -0.39 is 15.1 Å². The highest BCUT2D eigenvalue weighted by Crippen LogP contribution is 2.30. The van der Waals surface area contributed by atoms with Gasteiger partial charge in [0.1, 0.15) is 11.0 Å². The molecule has 0 radical (unpaired) electrons. The molecule has 1 atom stereocenters. The zero-order chi connectivity index (χ0) is 21.4. The Morgan fingerprint density at radius 3 is 2.21 bits per heavy atom. The van der Waals surface area contributed by atoms with Crippen molar-refractivity contribution in [3.63, 3.8) is 0 Å². The smallest absolute Gasteiger partial charge is 0.220 e. The van der Waals surface area contributed by atoms with Gasteiger partial charge in [-0.2, -0.15) is 0 Å². The molecule has 0 unspecified atom stereocenters. The van der Waals surface area contributed by atoms with E-state index >= 15 is 0 Å². The molecule has 0 aliphatic carbocycles. The van der Waals surface area contributed by atoms with Crippen molar-refractivity contribution in [1.82, 2.24) is 5.32 Å². The molecular formula is C22H30N2O4S. The Bertz CT molecular complexity index is 891. The molecule has 0 aliphatic rings. The van der Waals surface area contributed by atoms with Crippen molar-refractivity contribution >= 4 is 21.4 Å². The van der Waals surface area contributed by atoms with Gasteiger partial charge in [-0.05, 0) is 48.4 Å². The summed E-state index contributed by atoms with van der Waals surface area (Å²) in [5.74, 6) is 0.454. The van der Waals surface area contributed by atoms with Gasteiger partial charge in [0.2, 0.25) is 5.91 Å². The maximum atomic E-state index is 13.4. The zero-order valence-electron chi connectivity index (χ0n) is 17.5. The van der Waals surface area contributed by atoms with Gasteiger partial charge in [-0.15, -0.1) is 0 Å². The predicted octanol–water partition coefficient (Wildman–Crippen LogP) is 3.58. The Balaban J connectivity index is 2.35. The van der Waals surface area contributed by atoms with Gasteiger partial charge in [0.15, 0.2) is 9.84 Å². The van der Waals surface area contributed by atoms with Crippen LogP contribution >= 0.6 is 0 Å². The number of sulfone groups is 1. The molecule has 0 aliphatic heterocycles. The van der Waals surface area contributed by atoms with Crippen LogP contribution in [0.3, 0.4) is 0 Å². The molecule has 158 valence electrons. The molecule has 1 N–H and O–H groups in total. The average molecular weight is 419 g/mol. The number of unbranched alkanes of at least 4 members (excludes halogenated alkanes) is 1. The minimum Gasteiger partial charge on any atom is -0.497 e. The van der Waals surface area contributed by atoms with Crippen LogP contribution in [-0.2, 0) is 14.6 Å². The number of nitrogens with one attached hydrogen (secondary N) is 1. The van der Waals surface area contributed by atoms with Crippen molar-refractivity contribution in [3.05, 3.63) is 54.1 Å². The molecule has 2 aromatic rings. The van der Waals surface area contributed by atoms with E-state index in [9.17, 15) is 13.2 Å². The van der Waals surface area contributed by atoms with E-state index in [0.29, 0.717) is 17.7 Å². The molecule has 0 spiro atoms. The van der Waals surface area contributed by atoms with Crippen LogP contribution in [0, 0.1) is 0 Å². The summed E-state index contributed by atoms with van der Waals surface area (Å²) in [6.45, 7) is 2.04. The van der Waals surface area contributed by atoms with Crippen molar-refractivity contribution < 1.29 is 17.9 Å². The van der Waals surface area contributed by atoms with Crippen LogP contribution in [-0.4, -0.2) is 42.1 Å². The van der Waals surface area contributed by atoms with Gasteiger partial charge in [0.25, 0.3) is 0 Å². The first-order valence-electron chi connectivity index (χ1n) is 9.71. The fourth-order valence-electron chi connectivity index (χ4n) is 2.96. The molecule has 0 heterocycles. The van der Waals surface area contributed by atoms with Crippen LogP contribution in [0.25, 0.3) is 0 Å². The third kappa shape index (κ3) is 5.97. The molecule has 29 heavy (non-hydrogen) atoms. The Hall–Kier alpha value is -2.54. The van der Waals surface area contributed by atoms with Crippen LogP contribution in [0.5, 0.6) is 5.75 Å². The summed E-state index contributed by atoms with van der Waals surface area (Å²) in [6.07, 6.45) is 2.08. The van der Waals surface area contributed by atoms with E-state index in [1.807, 2.05) is 38.1 Å². The van der Waals surface area contributed by atoms with E-state index in [1.165, 1.54) is 19.2 Å². The number of methoxy groups -OCH3 is 1. The summed E-state index contributed by atoms with van der Waals surface area (Å²) in [4.78, 5) is 14.2. The van der Waals surface area contributed by atoms with Crippen molar-refractivity contribution in [2.45, 2.75) is 36.3 Å². The monoisotopic (exact) mass is 418 g/mol. The first-order valence-corrected chi connectivity index (χ1v) is 11.3. The predicted molar refractivity (Wildman–Crippen MR) is 116 cm³/mol. The van der Waals surface area contributed by atoms with Crippen LogP contribution in [0.2, 0.25) is 0 Å². The molecule has 0 aromatic heterocycles. The molecule has 2 aromatic carbocycles. The van der Waals surface area contributed by atoms with Gasteiger partial charge >= 0.3 is 0 Å². The number of nitrogens with zero attached hydrogens (tertiary/aromatic N) is 1. The molecule has 6 nitrogen and oxygen atoms in total. The Kier molecular flexibility index (Phi) is 8.08. The second-order valence-corrected chi connectivity index (χ2v) is 9.23. The standard InChI is InChI=1S/C22H30N2O4S/c1-5-6-7-22(25)23-16-21(17-8-10-18(11-9-17)24(2)3)29(26,27)20-14-12-19(28-4)13-15-20/h8-15,21H,5-7,16H2,1-4H3,(H,23,25)/t21-/m0/s1. The van der Waals surface area contributed by atoms with Gasteiger partial charge in [0.05, 0.1) is 12.0 Å². The van der Waals surface area contributed by atoms with Crippen molar-refractivity contribution in [1.29, 1.82) is 0 Å². The average Bonchev–Trinajstić information content (AvgIpc) is 2.72. The lowest BCUT2D eigenvalue weighted by Gasteiger charge is -2.20. The molecule has 0 bridgehead atoms. The second kappa shape index (κ2) is 10.3. The number of carbonyl (C=O) groups is 1. The lowest BCUT2D eigenvalue weighted by Crippen LogP contribution is -2.31. The topological polar surface area (TPSA) is 75.7 Å². The first-order chi connectivity index (χ1) is 13.8. The molecule has 2 rings (SSSR count). The number of amides is 1. The normalized spacial score (nSPS) is 12.3. The lowest BCUT2D eigenvalue weighted by atomic mass is 10.1. The van der Waals surface area contributed by atoms with Gasteiger partial charge < -0.3 is 15.0 Å². The largest absolute Gasteiger partial charge is 0.497 e. The highest BCUT2D eigenvalue weighted by molar-refractivity contribution is 7.91. The molecular weight excluding hydrogens is 388 g/mol. The highest BCUT2D eigenvalue weighted by Gasteiger charge is 2.29. The second-order valence-electron chi connectivity index (χ2n) is 7.10. The zero-order valence-corrected chi connectivity index (χ0v) is 18.3. The summed E-state index contributed by atoms with van der Waals surface area (Å²) >= 11 is 0. The van der Waals surface area contributed by atoms with E-state index in [4.69, 9.17) is 4.74 Å². The highest BCUT2D eigenvalue weighted by atomic mass is 32.2. The molecule has 0 saturated carbocycles. The minimum atomic E-state index is -3.71. The maximum absolute atomic E-state index is 13.4. The fourth-order valence-corrected chi connectivity index (χ4v) is 4.62. The van der Waals surface area contributed by atoms with Crippen LogP contribution in [0.1, 0.15) is 37.0 Å². The quantitative estimate of drug-likeness (QED) is 0.638. The Labute approximate surface area is 173 Å². The number of ether oxygens (including phenoxy) is 1. The first kappa shape index (κ1) is 22.7. The van der Waals surface area contributed by atoms with Crippen LogP contribution in [0.15, 0.2) is 53.4 Å². The van der Waals surface area contributed by atoms with Crippen LogP contribution < -0.4 is 15.0 Å². The third-order valence-corrected chi connectivity index (χ3v) is 6.90. The van der Waals surface area contributed by atoms with Gasteiger partial charge in [0, 0.05) is 32.7 Å². The number of rotatable bonds is 10. The molecule has 0 saturated heterocycles. The number of hydrogen-bond acceptors (Lipinski definition) is 5. The summed E-state index contributed by atoms with van der Waals surface area (Å²) in [6, 6.07) is 13.7. The lowest BCUT2D eigenvalue weighted by molar-refractivity contribution is -0.121. The number of hydrogen-bond donors (Lipinski definition) is 1. The summed E-state index contributed by atoms with van der Waals surface area (Å²) < 4.78 is 31.9. The van der Waals surface area contributed by atoms with E-state index in [2.05, 4.69) is 5.32 Å². The van der Waals surface area contributed by atoms with E-state index in [1.54, 1.807) is 24.3 Å². The number of anilines is 1. The number of benzene rings is 2. The van der Waals surface area contributed by atoms with Crippen molar-refractivity contribution in [3.8, 4) is 5.75 Å². The van der Waals surface area contributed by atoms with Crippen molar-refractivity contribution in [2.75, 3.05) is 32.6 Å². The Morgan fingerprint density at radius 2 is 1.69 bits per heavy atom. The van der Waals surface area contributed by atoms with E-state index in [0.717, 1.165) is 18.5 Å². The maximum Gasteiger partial charge on any atom is 0.220 e. The summed E-state index contributed by atoms with van der Waals surface area (Å²) in [7, 11) is 1.67. The van der Waals surface area contributed by atoms with Crippen LogP contribution in [0.4, 0.5) is 5.69 Å². The molecule has 7 heteroatoms. The van der Waals surface area contributed by atoms with E-state index in [-0.39, 0.29) is 17.3 Å².